The molecule has 0 saturated carbocycles. The summed E-state index contributed by atoms with van der Waals surface area (Å²) in [7, 11) is 0. The van der Waals surface area contributed by atoms with E-state index in [2.05, 4.69) is 39.8 Å². The second kappa shape index (κ2) is 8.15. The van der Waals surface area contributed by atoms with Crippen molar-refractivity contribution < 1.29 is 9.59 Å². The molecule has 0 unspecified atom stereocenters. The van der Waals surface area contributed by atoms with E-state index in [1.807, 2.05) is 40.1 Å². The van der Waals surface area contributed by atoms with E-state index in [1.54, 1.807) is 12.3 Å². The summed E-state index contributed by atoms with van der Waals surface area (Å²) < 4.78 is 0. The summed E-state index contributed by atoms with van der Waals surface area (Å²) in [6.07, 6.45) is 5.27. The van der Waals surface area contributed by atoms with Gasteiger partial charge in [-0.15, -0.1) is 0 Å². The Labute approximate surface area is 204 Å². The van der Waals surface area contributed by atoms with Crippen molar-refractivity contribution >= 4 is 29.0 Å². The molecule has 1 aromatic carbocycles. The van der Waals surface area contributed by atoms with Crippen molar-refractivity contribution in [2.45, 2.75) is 44.6 Å². The van der Waals surface area contributed by atoms with Crippen molar-refractivity contribution in [3.8, 4) is 0 Å². The normalized spacial score (nSPS) is 19.1. The van der Waals surface area contributed by atoms with Crippen LogP contribution in [0.5, 0.6) is 0 Å². The average Bonchev–Trinajstić information content (AvgIpc) is 3.36. The molecule has 3 aliphatic heterocycles. The molecule has 1 saturated heterocycles. The fourth-order valence-corrected chi connectivity index (χ4v) is 5.70. The number of rotatable bonds is 3. The summed E-state index contributed by atoms with van der Waals surface area (Å²) >= 11 is 0. The molecule has 0 aliphatic carbocycles. The fraction of sp³-hybridized carbons (Fsp3) is 0.370. The van der Waals surface area contributed by atoms with Gasteiger partial charge in [0.1, 0.15) is 17.8 Å². The number of carbonyl (C=O) groups excluding carboxylic acids is 2. The lowest BCUT2D eigenvalue weighted by Crippen LogP contribution is -2.46. The quantitative estimate of drug-likeness (QED) is 0.586. The van der Waals surface area contributed by atoms with Crippen LogP contribution in [0.2, 0.25) is 0 Å². The number of hydrogen-bond donors (Lipinski definition) is 0. The number of hydrogen-bond acceptors (Lipinski definition) is 6. The first kappa shape index (κ1) is 21.7. The van der Waals surface area contributed by atoms with Crippen molar-refractivity contribution in [1.29, 1.82) is 0 Å². The van der Waals surface area contributed by atoms with E-state index in [1.165, 1.54) is 11.9 Å². The average molecular weight is 469 g/mol. The van der Waals surface area contributed by atoms with Gasteiger partial charge in [0.25, 0.3) is 5.91 Å². The molecule has 8 heteroatoms. The number of para-hydroxylation sites is 1. The number of anilines is 3. The van der Waals surface area contributed by atoms with E-state index in [4.69, 9.17) is 0 Å². The maximum atomic E-state index is 13.5. The molecular weight excluding hydrogens is 440 g/mol. The van der Waals surface area contributed by atoms with Crippen LogP contribution in [0.3, 0.4) is 0 Å². The number of nitrogens with zero attached hydrogens (tertiary/aromatic N) is 6. The van der Waals surface area contributed by atoms with Crippen LogP contribution in [0.15, 0.2) is 55.0 Å². The Balaban J connectivity index is 1.18. The summed E-state index contributed by atoms with van der Waals surface area (Å²) in [5, 5.41) is 0. The Morgan fingerprint density at radius 2 is 1.77 bits per heavy atom. The molecule has 0 atom stereocenters. The first-order valence-electron chi connectivity index (χ1n) is 12.2. The zero-order chi connectivity index (χ0) is 24.2. The van der Waals surface area contributed by atoms with Gasteiger partial charge in [0, 0.05) is 49.0 Å². The molecule has 5 heterocycles. The van der Waals surface area contributed by atoms with Crippen LogP contribution in [0.1, 0.15) is 48.4 Å². The molecule has 0 N–H and O–H groups in total. The zero-order valence-corrected chi connectivity index (χ0v) is 20.0. The van der Waals surface area contributed by atoms with Crippen LogP contribution in [0.25, 0.3) is 0 Å². The van der Waals surface area contributed by atoms with Crippen LogP contribution in [0, 0.1) is 0 Å². The lowest BCUT2D eigenvalue weighted by atomic mass is 9.87. The van der Waals surface area contributed by atoms with Gasteiger partial charge in [-0.1, -0.05) is 32.0 Å². The van der Waals surface area contributed by atoms with Crippen molar-refractivity contribution in [2.24, 2.45) is 0 Å². The molecule has 178 valence electrons. The predicted octanol–water partition coefficient (Wildman–Crippen LogP) is 3.37. The number of piperidine rings is 1. The monoisotopic (exact) mass is 468 g/mol. The van der Waals surface area contributed by atoms with E-state index in [-0.39, 0.29) is 23.3 Å². The van der Waals surface area contributed by atoms with E-state index in [9.17, 15) is 9.59 Å². The molecule has 3 aliphatic rings. The lowest BCUT2D eigenvalue weighted by Gasteiger charge is -2.37. The maximum Gasteiger partial charge on any atom is 0.277 e. The minimum atomic E-state index is -0.106. The fourth-order valence-electron chi connectivity index (χ4n) is 5.70. The Hall–Kier alpha value is -3.81. The van der Waals surface area contributed by atoms with Gasteiger partial charge in [0.2, 0.25) is 5.91 Å². The van der Waals surface area contributed by atoms with Crippen LogP contribution in [-0.4, -0.2) is 52.4 Å². The first-order chi connectivity index (χ1) is 16.9. The number of fused-ring (bicyclic) bond motifs is 2. The van der Waals surface area contributed by atoms with Crippen LogP contribution in [0.4, 0.5) is 17.2 Å². The van der Waals surface area contributed by atoms with Crippen molar-refractivity contribution in [3.05, 3.63) is 71.9 Å². The molecule has 1 fully saturated rings. The smallest absolute Gasteiger partial charge is 0.277 e. The summed E-state index contributed by atoms with van der Waals surface area (Å²) in [6, 6.07) is 13.9. The second-order valence-corrected chi connectivity index (χ2v) is 10.2. The third kappa shape index (κ3) is 3.64. The number of pyridine rings is 1. The van der Waals surface area contributed by atoms with Gasteiger partial charge in [-0.3, -0.25) is 14.6 Å². The topological polar surface area (TPSA) is 82.5 Å². The SMILES string of the molecule is CC1(C)CN(C(=O)c2cc(N3CCC(N4C(=O)Cc5ncccc54)CC3)ncn2)c2ccccc21. The highest BCUT2D eigenvalue weighted by Crippen LogP contribution is 2.41. The Morgan fingerprint density at radius 3 is 2.60 bits per heavy atom. The third-order valence-corrected chi connectivity index (χ3v) is 7.46. The maximum absolute atomic E-state index is 13.5. The van der Waals surface area contributed by atoms with E-state index in [0.717, 1.165) is 48.8 Å². The highest BCUT2D eigenvalue weighted by molar-refractivity contribution is 6.07. The Kier molecular flexibility index (Phi) is 5.05. The van der Waals surface area contributed by atoms with E-state index in [0.29, 0.717) is 18.7 Å². The molecule has 0 spiro atoms. The van der Waals surface area contributed by atoms with Gasteiger partial charge in [-0.25, -0.2) is 9.97 Å². The number of carbonyl (C=O) groups is 2. The third-order valence-electron chi connectivity index (χ3n) is 7.46. The zero-order valence-electron chi connectivity index (χ0n) is 20.0. The summed E-state index contributed by atoms with van der Waals surface area (Å²) in [4.78, 5) is 45.3. The summed E-state index contributed by atoms with van der Waals surface area (Å²) in [6.45, 7) is 6.46. The molecule has 2 aromatic heterocycles. The predicted molar refractivity (Wildman–Crippen MR) is 134 cm³/mol. The largest absolute Gasteiger partial charge is 0.356 e. The number of amides is 2. The van der Waals surface area contributed by atoms with Crippen LogP contribution in [-0.2, 0) is 16.6 Å². The van der Waals surface area contributed by atoms with Gasteiger partial charge in [0.05, 0.1) is 17.8 Å². The summed E-state index contributed by atoms with van der Waals surface area (Å²) in [5.41, 5.74) is 4.24. The minimum Gasteiger partial charge on any atom is -0.356 e. The summed E-state index contributed by atoms with van der Waals surface area (Å²) in [5.74, 6) is 0.776. The number of aromatic nitrogens is 3. The second-order valence-electron chi connectivity index (χ2n) is 10.2. The molecule has 0 radical (unpaired) electrons. The molecular formula is C27H28N6O2. The van der Waals surface area contributed by atoms with Gasteiger partial charge in [-0.05, 0) is 36.6 Å². The van der Waals surface area contributed by atoms with Crippen molar-refractivity contribution in [1.82, 2.24) is 15.0 Å². The minimum absolute atomic E-state index is 0.103. The standard InChI is InChI=1S/C27H28N6O2/c1-27(2)16-32(22-7-4-3-6-19(22)27)26(35)21-14-24(30-17-29-21)31-12-9-18(10-13-31)33-23-8-5-11-28-20(23)15-25(33)34/h3-8,11,14,17-18H,9-10,12-13,15-16H2,1-2H3. The molecule has 6 rings (SSSR count). The van der Waals surface area contributed by atoms with Gasteiger partial charge in [-0.2, -0.15) is 0 Å². The van der Waals surface area contributed by atoms with Gasteiger partial charge < -0.3 is 14.7 Å². The Bertz CT molecular complexity index is 1310. The Morgan fingerprint density at radius 1 is 1.00 bits per heavy atom. The van der Waals surface area contributed by atoms with Gasteiger partial charge in [0.15, 0.2) is 0 Å². The van der Waals surface area contributed by atoms with Crippen LogP contribution >= 0.6 is 0 Å². The molecule has 2 amide bonds. The van der Waals surface area contributed by atoms with Gasteiger partial charge >= 0.3 is 0 Å². The number of benzene rings is 1. The molecule has 0 bridgehead atoms. The lowest BCUT2D eigenvalue weighted by molar-refractivity contribution is -0.117. The van der Waals surface area contributed by atoms with Crippen molar-refractivity contribution in [3.63, 3.8) is 0 Å². The highest BCUT2D eigenvalue weighted by atomic mass is 16.2. The highest BCUT2D eigenvalue weighted by Gasteiger charge is 2.39. The molecule has 3 aromatic rings. The van der Waals surface area contributed by atoms with E-state index < -0.39 is 0 Å². The van der Waals surface area contributed by atoms with E-state index >= 15 is 0 Å². The van der Waals surface area contributed by atoms with Crippen molar-refractivity contribution in [2.75, 3.05) is 34.3 Å². The van der Waals surface area contributed by atoms with Crippen LogP contribution < -0.4 is 14.7 Å². The molecule has 8 nitrogen and oxygen atoms in total. The molecule has 35 heavy (non-hydrogen) atoms. The first-order valence-corrected chi connectivity index (χ1v) is 12.2.